The lowest BCUT2D eigenvalue weighted by molar-refractivity contribution is 0.560. The van der Waals surface area contributed by atoms with Gasteiger partial charge >= 0.3 is 0 Å². The molecular formula is C17H27Cl2N. The highest BCUT2D eigenvalue weighted by Gasteiger charge is 1.99. The summed E-state index contributed by atoms with van der Waals surface area (Å²) in [6.07, 6.45) is 12.9. The molecule has 3 heteroatoms. The molecule has 0 aliphatic heterocycles. The molecule has 0 amide bonds. The van der Waals surface area contributed by atoms with E-state index in [0.29, 0.717) is 10.0 Å². The molecule has 0 atom stereocenters. The fourth-order valence-electron chi connectivity index (χ4n) is 2.41. The Morgan fingerprint density at radius 1 is 0.700 bits per heavy atom. The average Bonchev–Trinajstić information content (AvgIpc) is 2.45. The number of benzene rings is 1. The van der Waals surface area contributed by atoms with Crippen LogP contribution in [0.4, 0.5) is 0 Å². The Bertz CT molecular complexity index is 366. The van der Waals surface area contributed by atoms with Gasteiger partial charge in [-0.05, 0) is 43.5 Å². The minimum atomic E-state index is 0.644. The Balaban J connectivity index is 1.95. The van der Waals surface area contributed by atoms with Crippen molar-refractivity contribution >= 4 is 23.2 Å². The highest BCUT2D eigenvalue weighted by Crippen LogP contribution is 2.23. The molecule has 0 saturated heterocycles. The van der Waals surface area contributed by atoms with E-state index in [2.05, 4.69) is 6.07 Å². The summed E-state index contributed by atoms with van der Waals surface area (Å²) in [6.45, 7) is 0.842. The predicted molar refractivity (Wildman–Crippen MR) is 90.8 cm³/mol. The molecule has 1 nitrogen and oxygen atoms in total. The number of aryl methyl sites for hydroxylation is 1. The van der Waals surface area contributed by atoms with Gasteiger partial charge in [-0.3, -0.25) is 0 Å². The molecule has 0 aliphatic rings. The van der Waals surface area contributed by atoms with E-state index in [1.165, 1.54) is 63.4 Å². The SMILES string of the molecule is NCCCCCCCCCCCc1ccc(Cl)c(Cl)c1. The van der Waals surface area contributed by atoms with Gasteiger partial charge in [0.05, 0.1) is 10.0 Å². The van der Waals surface area contributed by atoms with E-state index >= 15 is 0 Å². The first-order chi connectivity index (χ1) is 9.74. The summed E-state index contributed by atoms with van der Waals surface area (Å²) in [5, 5.41) is 1.31. The summed E-state index contributed by atoms with van der Waals surface area (Å²) >= 11 is 11.9. The predicted octanol–water partition coefficient (Wildman–Crippen LogP) is 6.01. The van der Waals surface area contributed by atoms with Crippen molar-refractivity contribution in [3.05, 3.63) is 33.8 Å². The standard InChI is InChI=1S/C17H27Cl2N/c18-16-12-11-15(14-17(16)19)10-8-6-4-2-1-3-5-7-9-13-20/h11-12,14H,1-10,13,20H2. The van der Waals surface area contributed by atoms with Crippen molar-refractivity contribution in [2.75, 3.05) is 6.54 Å². The lowest BCUT2D eigenvalue weighted by atomic mass is 10.0. The number of hydrogen-bond acceptors (Lipinski definition) is 1. The Labute approximate surface area is 133 Å². The van der Waals surface area contributed by atoms with Crippen molar-refractivity contribution in [2.45, 2.75) is 64.2 Å². The number of halogens is 2. The molecule has 0 radical (unpaired) electrons. The van der Waals surface area contributed by atoms with Crippen LogP contribution in [-0.4, -0.2) is 6.54 Å². The van der Waals surface area contributed by atoms with Crippen LogP contribution in [0.3, 0.4) is 0 Å². The number of hydrogen-bond donors (Lipinski definition) is 1. The molecule has 20 heavy (non-hydrogen) atoms. The maximum atomic E-state index is 6.01. The third-order valence-corrected chi connectivity index (χ3v) is 4.39. The summed E-state index contributed by atoms with van der Waals surface area (Å²) in [4.78, 5) is 0. The smallest absolute Gasteiger partial charge is 0.0595 e. The molecule has 0 heterocycles. The van der Waals surface area contributed by atoms with Crippen LogP contribution in [0.15, 0.2) is 18.2 Å². The maximum absolute atomic E-state index is 6.01. The molecule has 114 valence electrons. The van der Waals surface area contributed by atoms with Crippen molar-refractivity contribution in [2.24, 2.45) is 5.73 Å². The van der Waals surface area contributed by atoms with Crippen LogP contribution >= 0.6 is 23.2 Å². The molecule has 0 fully saturated rings. The van der Waals surface area contributed by atoms with Gasteiger partial charge in [-0.15, -0.1) is 0 Å². The van der Waals surface area contributed by atoms with Gasteiger partial charge in [-0.25, -0.2) is 0 Å². The number of nitrogens with two attached hydrogens (primary N) is 1. The average molecular weight is 316 g/mol. The zero-order valence-corrected chi connectivity index (χ0v) is 13.9. The van der Waals surface area contributed by atoms with Crippen LogP contribution in [0.25, 0.3) is 0 Å². The summed E-state index contributed by atoms with van der Waals surface area (Å²) in [7, 11) is 0. The van der Waals surface area contributed by atoms with Gasteiger partial charge in [-0.1, -0.05) is 74.2 Å². The van der Waals surface area contributed by atoms with Crippen molar-refractivity contribution in [1.29, 1.82) is 0 Å². The summed E-state index contributed by atoms with van der Waals surface area (Å²) < 4.78 is 0. The van der Waals surface area contributed by atoms with Gasteiger partial charge in [0, 0.05) is 0 Å². The van der Waals surface area contributed by atoms with Crippen LogP contribution < -0.4 is 5.73 Å². The summed E-state index contributed by atoms with van der Waals surface area (Å²) in [6, 6.07) is 5.95. The second kappa shape index (κ2) is 11.4. The van der Waals surface area contributed by atoms with E-state index < -0.39 is 0 Å². The molecule has 1 aromatic carbocycles. The lowest BCUT2D eigenvalue weighted by Crippen LogP contribution is -1.97. The first kappa shape index (κ1) is 17.8. The van der Waals surface area contributed by atoms with E-state index in [-0.39, 0.29) is 0 Å². The molecule has 0 unspecified atom stereocenters. The zero-order chi connectivity index (χ0) is 14.6. The van der Waals surface area contributed by atoms with E-state index in [1.807, 2.05) is 12.1 Å². The van der Waals surface area contributed by atoms with Gasteiger partial charge in [0.1, 0.15) is 0 Å². The van der Waals surface area contributed by atoms with Crippen LogP contribution in [0.1, 0.15) is 63.4 Å². The van der Waals surface area contributed by atoms with Gasteiger partial charge < -0.3 is 5.73 Å². The lowest BCUT2D eigenvalue weighted by Gasteiger charge is -2.04. The van der Waals surface area contributed by atoms with Gasteiger partial charge in [0.25, 0.3) is 0 Å². The van der Waals surface area contributed by atoms with Crippen molar-refractivity contribution in [3.8, 4) is 0 Å². The zero-order valence-electron chi connectivity index (χ0n) is 12.3. The number of rotatable bonds is 11. The minimum Gasteiger partial charge on any atom is -0.330 e. The molecule has 1 aromatic rings. The third-order valence-electron chi connectivity index (χ3n) is 3.65. The molecule has 2 N–H and O–H groups in total. The molecule has 0 aliphatic carbocycles. The van der Waals surface area contributed by atoms with Crippen molar-refractivity contribution in [3.63, 3.8) is 0 Å². The van der Waals surface area contributed by atoms with Gasteiger partial charge in [-0.2, -0.15) is 0 Å². The van der Waals surface area contributed by atoms with Gasteiger partial charge in [0.15, 0.2) is 0 Å². The van der Waals surface area contributed by atoms with Crippen molar-refractivity contribution < 1.29 is 0 Å². The second-order valence-electron chi connectivity index (χ2n) is 5.47. The van der Waals surface area contributed by atoms with Crippen molar-refractivity contribution in [1.82, 2.24) is 0 Å². The highest BCUT2D eigenvalue weighted by molar-refractivity contribution is 6.42. The maximum Gasteiger partial charge on any atom is 0.0595 e. The second-order valence-corrected chi connectivity index (χ2v) is 6.28. The largest absolute Gasteiger partial charge is 0.330 e. The van der Waals surface area contributed by atoms with E-state index in [1.54, 1.807) is 0 Å². The van der Waals surface area contributed by atoms with Crippen LogP contribution in [0.5, 0.6) is 0 Å². The third kappa shape index (κ3) is 8.14. The quantitative estimate of drug-likeness (QED) is 0.497. The normalized spacial score (nSPS) is 10.9. The Morgan fingerprint density at radius 2 is 1.25 bits per heavy atom. The van der Waals surface area contributed by atoms with Gasteiger partial charge in [0.2, 0.25) is 0 Å². The number of unbranched alkanes of at least 4 members (excludes halogenated alkanes) is 8. The van der Waals surface area contributed by atoms with Crippen LogP contribution in [0, 0.1) is 0 Å². The topological polar surface area (TPSA) is 26.0 Å². The highest BCUT2D eigenvalue weighted by atomic mass is 35.5. The molecular weight excluding hydrogens is 289 g/mol. The molecule has 0 aromatic heterocycles. The molecule has 0 saturated carbocycles. The Morgan fingerprint density at radius 3 is 1.80 bits per heavy atom. The first-order valence-corrected chi connectivity index (χ1v) is 8.63. The monoisotopic (exact) mass is 315 g/mol. The van der Waals surface area contributed by atoms with E-state index in [9.17, 15) is 0 Å². The summed E-state index contributed by atoms with van der Waals surface area (Å²) in [5.74, 6) is 0. The fraction of sp³-hybridized carbons (Fsp3) is 0.647. The Kier molecular flexibility index (Phi) is 10.2. The molecule has 0 bridgehead atoms. The van der Waals surface area contributed by atoms with E-state index in [0.717, 1.165) is 13.0 Å². The van der Waals surface area contributed by atoms with E-state index in [4.69, 9.17) is 28.9 Å². The summed E-state index contributed by atoms with van der Waals surface area (Å²) in [5.41, 5.74) is 6.77. The van der Waals surface area contributed by atoms with Crippen LogP contribution in [0.2, 0.25) is 10.0 Å². The Hall–Kier alpha value is -0.240. The fourth-order valence-corrected chi connectivity index (χ4v) is 2.73. The van der Waals surface area contributed by atoms with Crippen LogP contribution in [-0.2, 0) is 6.42 Å². The molecule has 0 spiro atoms. The first-order valence-electron chi connectivity index (χ1n) is 7.88. The molecule has 1 rings (SSSR count). The minimum absolute atomic E-state index is 0.644.